The molecule has 1 heterocycles. The van der Waals surface area contributed by atoms with E-state index in [4.69, 9.17) is 11.6 Å². The van der Waals surface area contributed by atoms with Gasteiger partial charge in [0.05, 0.1) is 11.3 Å². The maximum absolute atomic E-state index is 11.3. The van der Waals surface area contributed by atoms with E-state index in [0.29, 0.717) is 17.1 Å². The topological polar surface area (TPSA) is 40.5 Å². The summed E-state index contributed by atoms with van der Waals surface area (Å²) in [5.74, 6) is -0.910. The van der Waals surface area contributed by atoms with Crippen LogP contribution in [-0.2, 0) is 13.1 Å². The average molecular weight is 382 g/mol. The van der Waals surface area contributed by atoms with Crippen molar-refractivity contribution in [2.45, 2.75) is 22.9 Å². The van der Waals surface area contributed by atoms with Crippen molar-refractivity contribution in [1.82, 2.24) is 0 Å². The van der Waals surface area contributed by atoms with E-state index in [2.05, 4.69) is 17.0 Å². The highest BCUT2D eigenvalue weighted by Crippen LogP contribution is 2.42. The fourth-order valence-electron chi connectivity index (χ4n) is 3.13. The van der Waals surface area contributed by atoms with Crippen molar-refractivity contribution in [2.75, 3.05) is 4.90 Å². The molecule has 1 aliphatic rings. The van der Waals surface area contributed by atoms with E-state index in [9.17, 15) is 9.90 Å². The highest BCUT2D eigenvalue weighted by atomic mass is 35.5. The predicted octanol–water partition coefficient (Wildman–Crippen LogP) is 5.71. The zero-order valence-electron chi connectivity index (χ0n) is 13.9. The Hall–Kier alpha value is -2.43. The second-order valence-electron chi connectivity index (χ2n) is 6.18. The van der Waals surface area contributed by atoms with Crippen molar-refractivity contribution in [3.8, 4) is 0 Å². The SMILES string of the molecule is O=C(O)c1cccc(CN2Cc3ccccc3Sc3ccc(Cl)cc32)c1. The first kappa shape index (κ1) is 17.0. The van der Waals surface area contributed by atoms with Crippen molar-refractivity contribution in [2.24, 2.45) is 0 Å². The minimum absolute atomic E-state index is 0.304. The summed E-state index contributed by atoms with van der Waals surface area (Å²) in [5.41, 5.74) is 3.58. The normalized spacial score (nSPS) is 12.9. The van der Waals surface area contributed by atoms with Gasteiger partial charge in [0, 0.05) is 27.9 Å². The third kappa shape index (κ3) is 3.43. The molecule has 1 N–H and O–H groups in total. The summed E-state index contributed by atoms with van der Waals surface area (Å²) in [7, 11) is 0. The second kappa shape index (κ2) is 7.06. The standard InChI is InChI=1S/C21H16ClNO2S/c22-17-8-9-20-18(11-17)23(13-16-5-1-2-7-19(16)26-20)12-14-4-3-6-15(10-14)21(24)25/h1-11H,12-13H2,(H,24,25). The summed E-state index contributed by atoms with van der Waals surface area (Å²) >= 11 is 8.00. The van der Waals surface area contributed by atoms with Gasteiger partial charge in [0.2, 0.25) is 0 Å². The van der Waals surface area contributed by atoms with Gasteiger partial charge < -0.3 is 10.0 Å². The molecular formula is C21H16ClNO2S. The van der Waals surface area contributed by atoms with E-state index in [1.165, 1.54) is 10.5 Å². The Kier molecular flexibility index (Phi) is 4.62. The second-order valence-corrected chi connectivity index (χ2v) is 7.70. The molecule has 130 valence electrons. The number of carboxylic acid groups (broad SMARTS) is 1. The molecule has 0 fully saturated rings. The Bertz CT molecular complexity index is 989. The van der Waals surface area contributed by atoms with Crippen LogP contribution in [0.2, 0.25) is 5.02 Å². The molecular weight excluding hydrogens is 366 g/mol. The molecule has 0 unspecified atom stereocenters. The lowest BCUT2D eigenvalue weighted by Gasteiger charge is -2.25. The molecule has 3 nitrogen and oxygen atoms in total. The van der Waals surface area contributed by atoms with Gasteiger partial charge in [0.1, 0.15) is 0 Å². The number of benzene rings is 3. The van der Waals surface area contributed by atoms with Gasteiger partial charge in [-0.15, -0.1) is 0 Å². The van der Waals surface area contributed by atoms with Crippen molar-refractivity contribution < 1.29 is 9.90 Å². The maximum Gasteiger partial charge on any atom is 0.335 e. The molecule has 3 aromatic carbocycles. The number of nitrogens with zero attached hydrogens (tertiary/aromatic N) is 1. The van der Waals surface area contributed by atoms with E-state index >= 15 is 0 Å². The Labute approximate surface area is 161 Å². The molecule has 5 heteroatoms. The van der Waals surface area contributed by atoms with Crippen LogP contribution in [0, 0.1) is 0 Å². The van der Waals surface area contributed by atoms with Gasteiger partial charge in [-0.25, -0.2) is 4.79 Å². The van der Waals surface area contributed by atoms with Crippen LogP contribution >= 0.6 is 23.4 Å². The molecule has 0 radical (unpaired) electrons. The molecule has 3 aromatic rings. The molecule has 0 aromatic heterocycles. The van der Waals surface area contributed by atoms with Crippen molar-refractivity contribution >= 4 is 35.0 Å². The van der Waals surface area contributed by atoms with Gasteiger partial charge >= 0.3 is 5.97 Å². The summed E-state index contributed by atoms with van der Waals surface area (Å²) in [6.07, 6.45) is 0. The highest BCUT2D eigenvalue weighted by Gasteiger charge is 2.20. The maximum atomic E-state index is 11.3. The lowest BCUT2D eigenvalue weighted by Crippen LogP contribution is -2.22. The van der Waals surface area contributed by atoms with Crippen LogP contribution < -0.4 is 4.90 Å². The monoisotopic (exact) mass is 381 g/mol. The van der Waals surface area contributed by atoms with Gasteiger partial charge in [-0.1, -0.05) is 53.7 Å². The van der Waals surface area contributed by atoms with E-state index in [-0.39, 0.29) is 0 Å². The molecule has 0 saturated carbocycles. The van der Waals surface area contributed by atoms with Crippen LogP contribution in [0.15, 0.2) is 76.5 Å². The Morgan fingerprint density at radius 2 is 1.88 bits per heavy atom. The molecule has 0 amide bonds. The Morgan fingerprint density at radius 1 is 1.04 bits per heavy atom. The molecule has 1 aliphatic heterocycles. The number of hydrogen-bond acceptors (Lipinski definition) is 3. The molecule has 26 heavy (non-hydrogen) atoms. The fourth-order valence-corrected chi connectivity index (χ4v) is 4.37. The van der Waals surface area contributed by atoms with Crippen molar-refractivity contribution in [1.29, 1.82) is 0 Å². The number of anilines is 1. The minimum atomic E-state index is -0.910. The van der Waals surface area contributed by atoms with E-state index in [1.807, 2.05) is 36.4 Å². The highest BCUT2D eigenvalue weighted by molar-refractivity contribution is 7.99. The molecule has 0 spiro atoms. The zero-order valence-corrected chi connectivity index (χ0v) is 15.4. The fraction of sp³-hybridized carbons (Fsp3) is 0.0952. The average Bonchev–Trinajstić information content (AvgIpc) is 2.78. The quantitative estimate of drug-likeness (QED) is 0.630. The third-order valence-electron chi connectivity index (χ3n) is 4.36. The Balaban J connectivity index is 1.76. The molecule has 0 bridgehead atoms. The minimum Gasteiger partial charge on any atom is -0.478 e. The first-order valence-electron chi connectivity index (χ1n) is 8.22. The summed E-state index contributed by atoms with van der Waals surface area (Å²) in [6, 6.07) is 21.4. The van der Waals surface area contributed by atoms with Crippen molar-refractivity contribution in [3.05, 3.63) is 88.4 Å². The molecule has 4 rings (SSSR count). The van der Waals surface area contributed by atoms with E-state index in [0.717, 1.165) is 22.7 Å². The summed E-state index contributed by atoms with van der Waals surface area (Å²) in [5, 5.41) is 9.94. The summed E-state index contributed by atoms with van der Waals surface area (Å²) in [4.78, 5) is 15.9. The zero-order chi connectivity index (χ0) is 18.1. The third-order valence-corrected chi connectivity index (χ3v) is 5.78. The molecule has 0 saturated heterocycles. The van der Waals surface area contributed by atoms with Crippen LogP contribution in [0.3, 0.4) is 0 Å². The van der Waals surface area contributed by atoms with Crippen LogP contribution in [0.25, 0.3) is 0 Å². The number of fused-ring (bicyclic) bond motifs is 2. The largest absolute Gasteiger partial charge is 0.478 e. The van der Waals surface area contributed by atoms with E-state index in [1.54, 1.807) is 30.0 Å². The van der Waals surface area contributed by atoms with Gasteiger partial charge in [-0.2, -0.15) is 0 Å². The molecule has 0 aliphatic carbocycles. The number of carboxylic acids is 1. The number of rotatable bonds is 3. The Morgan fingerprint density at radius 3 is 2.73 bits per heavy atom. The number of aromatic carboxylic acids is 1. The van der Waals surface area contributed by atoms with Gasteiger partial charge in [-0.05, 0) is 47.5 Å². The number of halogens is 1. The van der Waals surface area contributed by atoms with Gasteiger partial charge in [0.25, 0.3) is 0 Å². The number of carbonyl (C=O) groups is 1. The van der Waals surface area contributed by atoms with Gasteiger partial charge in [-0.3, -0.25) is 0 Å². The van der Waals surface area contributed by atoms with E-state index < -0.39 is 5.97 Å². The lowest BCUT2D eigenvalue weighted by atomic mass is 10.1. The summed E-state index contributed by atoms with van der Waals surface area (Å²) < 4.78 is 0. The first-order valence-corrected chi connectivity index (χ1v) is 9.42. The van der Waals surface area contributed by atoms with Crippen LogP contribution in [-0.4, -0.2) is 11.1 Å². The smallest absolute Gasteiger partial charge is 0.335 e. The summed E-state index contributed by atoms with van der Waals surface area (Å²) in [6.45, 7) is 1.36. The van der Waals surface area contributed by atoms with Crippen LogP contribution in [0.1, 0.15) is 21.5 Å². The molecule has 0 atom stereocenters. The predicted molar refractivity (Wildman–Crippen MR) is 105 cm³/mol. The van der Waals surface area contributed by atoms with Crippen LogP contribution in [0.4, 0.5) is 5.69 Å². The lowest BCUT2D eigenvalue weighted by molar-refractivity contribution is 0.0696. The van der Waals surface area contributed by atoms with Crippen LogP contribution in [0.5, 0.6) is 0 Å². The van der Waals surface area contributed by atoms with Gasteiger partial charge in [0.15, 0.2) is 0 Å². The first-order chi connectivity index (χ1) is 12.6. The number of hydrogen-bond donors (Lipinski definition) is 1. The van der Waals surface area contributed by atoms with Crippen molar-refractivity contribution in [3.63, 3.8) is 0 Å².